The van der Waals surface area contributed by atoms with Gasteiger partial charge in [-0.2, -0.15) is 0 Å². The summed E-state index contributed by atoms with van der Waals surface area (Å²) in [5, 5.41) is 0. The third kappa shape index (κ3) is 2.73. The predicted molar refractivity (Wildman–Crippen MR) is 67.8 cm³/mol. The van der Waals surface area contributed by atoms with Gasteiger partial charge in [0.05, 0.1) is 0 Å². The summed E-state index contributed by atoms with van der Waals surface area (Å²) in [5.74, 6) is 1.93. The van der Waals surface area contributed by atoms with Crippen LogP contribution in [0.5, 0.6) is 0 Å². The van der Waals surface area contributed by atoms with Crippen LogP contribution in [-0.2, 0) is 0 Å². The Hall–Kier alpha value is -1.09. The van der Waals surface area contributed by atoms with Crippen molar-refractivity contribution in [1.29, 1.82) is 0 Å². The zero-order valence-corrected chi connectivity index (χ0v) is 10.5. The molecule has 3 heteroatoms. The van der Waals surface area contributed by atoms with Gasteiger partial charge in [-0.05, 0) is 45.5 Å². The normalized spacial score (nSPS) is 20.8. The lowest BCUT2D eigenvalue weighted by molar-refractivity contribution is 0.340. The topological polar surface area (TPSA) is 19.4 Å². The zero-order valence-electron chi connectivity index (χ0n) is 10.5. The Labute approximate surface area is 98.1 Å². The highest BCUT2D eigenvalue weighted by Crippen LogP contribution is 2.22. The van der Waals surface area contributed by atoms with Gasteiger partial charge in [-0.15, -0.1) is 0 Å². The molecule has 0 bridgehead atoms. The van der Waals surface area contributed by atoms with Crippen molar-refractivity contribution in [3.8, 4) is 0 Å². The van der Waals surface area contributed by atoms with Crippen LogP contribution < -0.4 is 4.90 Å². The maximum atomic E-state index is 4.58. The fourth-order valence-electron chi connectivity index (χ4n) is 2.41. The summed E-state index contributed by atoms with van der Waals surface area (Å²) in [6.07, 6.45) is 1.29. The highest BCUT2D eigenvalue weighted by Gasteiger charge is 2.23. The zero-order chi connectivity index (χ0) is 11.5. The van der Waals surface area contributed by atoms with Crippen molar-refractivity contribution in [2.24, 2.45) is 5.92 Å². The van der Waals surface area contributed by atoms with Crippen LogP contribution in [0, 0.1) is 12.8 Å². The van der Waals surface area contributed by atoms with E-state index in [2.05, 4.69) is 54.0 Å². The highest BCUT2D eigenvalue weighted by atomic mass is 15.2. The summed E-state index contributed by atoms with van der Waals surface area (Å²) in [6.45, 7) is 5.53. The van der Waals surface area contributed by atoms with Crippen molar-refractivity contribution in [2.75, 3.05) is 38.6 Å². The number of nitrogens with zero attached hydrogens (tertiary/aromatic N) is 3. The molecular formula is C13H21N3. The van der Waals surface area contributed by atoms with Gasteiger partial charge in [-0.3, -0.25) is 0 Å². The molecule has 2 heterocycles. The number of aryl methyl sites for hydroxylation is 1. The van der Waals surface area contributed by atoms with E-state index in [1.54, 1.807) is 0 Å². The summed E-state index contributed by atoms with van der Waals surface area (Å²) in [6, 6.07) is 6.26. The van der Waals surface area contributed by atoms with Crippen molar-refractivity contribution in [3.63, 3.8) is 0 Å². The van der Waals surface area contributed by atoms with Gasteiger partial charge in [0, 0.05) is 25.3 Å². The van der Waals surface area contributed by atoms with E-state index in [0.29, 0.717) is 0 Å². The SMILES string of the molecule is Cc1cccc(N2CCC(CN(C)C)C2)n1. The maximum absolute atomic E-state index is 4.58. The molecule has 1 unspecified atom stereocenters. The van der Waals surface area contributed by atoms with E-state index in [0.717, 1.165) is 30.5 Å². The molecule has 0 spiro atoms. The lowest BCUT2D eigenvalue weighted by Gasteiger charge is -2.19. The molecule has 1 aliphatic rings. The number of anilines is 1. The van der Waals surface area contributed by atoms with Crippen molar-refractivity contribution in [1.82, 2.24) is 9.88 Å². The second-order valence-corrected chi connectivity index (χ2v) is 5.00. The summed E-state index contributed by atoms with van der Waals surface area (Å²) < 4.78 is 0. The standard InChI is InChI=1S/C13H21N3/c1-11-5-4-6-13(14-11)16-8-7-12(10-16)9-15(2)3/h4-6,12H,7-10H2,1-3H3. The Kier molecular flexibility index (Phi) is 3.44. The van der Waals surface area contributed by atoms with Crippen molar-refractivity contribution in [3.05, 3.63) is 23.9 Å². The van der Waals surface area contributed by atoms with Gasteiger partial charge in [-0.25, -0.2) is 4.98 Å². The molecule has 0 saturated carbocycles. The third-order valence-corrected chi connectivity index (χ3v) is 3.11. The lowest BCUT2D eigenvalue weighted by atomic mass is 10.1. The second-order valence-electron chi connectivity index (χ2n) is 5.00. The first kappa shape index (κ1) is 11.4. The number of hydrogen-bond acceptors (Lipinski definition) is 3. The Balaban J connectivity index is 1.98. The number of hydrogen-bond donors (Lipinski definition) is 0. The van der Waals surface area contributed by atoms with Gasteiger partial charge < -0.3 is 9.80 Å². The molecule has 0 radical (unpaired) electrons. The molecule has 1 saturated heterocycles. The van der Waals surface area contributed by atoms with Gasteiger partial charge >= 0.3 is 0 Å². The molecule has 1 aliphatic heterocycles. The molecule has 0 N–H and O–H groups in total. The van der Waals surface area contributed by atoms with Gasteiger partial charge in [0.25, 0.3) is 0 Å². The Morgan fingerprint density at radius 1 is 1.44 bits per heavy atom. The van der Waals surface area contributed by atoms with Crippen molar-refractivity contribution in [2.45, 2.75) is 13.3 Å². The minimum atomic E-state index is 0.789. The first-order valence-electron chi connectivity index (χ1n) is 5.98. The Morgan fingerprint density at radius 3 is 2.94 bits per heavy atom. The van der Waals surface area contributed by atoms with E-state index in [1.165, 1.54) is 13.0 Å². The number of pyridine rings is 1. The van der Waals surface area contributed by atoms with E-state index < -0.39 is 0 Å². The van der Waals surface area contributed by atoms with Gasteiger partial charge in [0.15, 0.2) is 0 Å². The van der Waals surface area contributed by atoms with Crippen LogP contribution in [0.4, 0.5) is 5.82 Å². The molecule has 3 nitrogen and oxygen atoms in total. The number of rotatable bonds is 3. The van der Waals surface area contributed by atoms with E-state index >= 15 is 0 Å². The fourth-order valence-corrected chi connectivity index (χ4v) is 2.41. The van der Waals surface area contributed by atoms with E-state index in [-0.39, 0.29) is 0 Å². The molecular weight excluding hydrogens is 198 g/mol. The molecule has 0 aromatic carbocycles. The van der Waals surface area contributed by atoms with E-state index in [9.17, 15) is 0 Å². The summed E-state index contributed by atoms with van der Waals surface area (Å²) in [4.78, 5) is 9.26. The average Bonchev–Trinajstić information content (AvgIpc) is 2.65. The summed E-state index contributed by atoms with van der Waals surface area (Å²) >= 11 is 0. The molecule has 1 aromatic heterocycles. The Bertz CT molecular complexity index is 349. The monoisotopic (exact) mass is 219 g/mol. The number of aromatic nitrogens is 1. The van der Waals surface area contributed by atoms with Crippen LogP contribution >= 0.6 is 0 Å². The largest absolute Gasteiger partial charge is 0.356 e. The molecule has 0 amide bonds. The van der Waals surface area contributed by atoms with E-state index in [4.69, 9.17) is 0 Å². The van der Waals surface area contributed by atoms with Crippen LogP contribution in [0.3, 0.4) is 0 Å². The second kappa shape index (κ2) is 4.83. The summed E-state index contributed by atoms with van der Waals surface area (Å²) in [7, 11) is 4.29. The molecule has 0 aliphatic carbocycles. The first-order chi connectivity index (χ1) is 7.65. The van der Waals surface area contributed by atoms with Crippen LogP contribution in [0.1, 0.15) is 12.1 Å². The predicted octanol–water partition coefficient (Wildman–Crippen LogP) is 1.78. The van der Waals surface area contributed by atoms with Crippen molar-refractivity contribution >= 4 is 5.82 Å². The highest BCUT2D eigenvalue weighted by molar-refractivity contribution is 5.40. The van der Waals surface area contributed by atoms with Gasteiger partial charge in [0.1, 0.15) is 5.82 Å². The van der Waals surface area contributed by atoms with E-state index in [1.807, 2.05) is 0 Å². The minimum absolute atomic E-state index is 0.789. The van der Waals surface area contributed by atoms with Gasteiger partial charge in [-0.1, -0.05) is 6.07 Å². The van der Waals surface area contributed by atoms with Crippen LogP contribution in [0.25, 0.3) is 0 Å². The average molecular weight is 219 g/mol. The molecule has 1 atom stereocenters. The fraction of sp³-hybridized carbons (Fsp3) is 0.615. The van der Waals surface area contributed by atoms with Crippen LogP contribution in [0.15, 0.2) is 18.2 Å². The minimum Gasteiger partial charge on any atom is -0.356 e. The quantitative estimate of drug-likeness (QED) is 0.772. The third-order valence-electron chi connectivity index (χ3n) is 3.11. The molecule has 1 aromatic rings. The first-order valence-corrected chi connectivity index (χ1v) is 5.98. The summed E-state index contributed by atoms with van der Waals surface area (Å²) in [5.41, 5.74) is 1.11. The van der Waals surface area contributed by atoms with Crippen molar-refractivity contribution < 1.29 is 0 Å². The maximum Gasteiger partial charge on any atom is 0.128 e. The molecule has 2 rings (SSSR count). The Morgan fingerprint density at radius 2 is 2.25 bits per heavy atom. The molecule has 1 fully saturated rings. The van der Waals surface area contributed by atoms with Crippen LogP contribution in [-0.4, -0.2) is 43.6 Å². The molecule has 88 valence electrons. The van der Waals surface area contributed by atoms with Gasteiger partial charge in [0.2, 0.25) is 0 Å². The lowest BCUT2D eigenvalue weighted by Crippen LogP contribution is -2.26. The van der Waals surface area contributed by atoms with Crippen LogP contribution in [0.2, 0.25) is 0 Å². The molecule has 16 heavy (non-hydrogen) atoms. The smallest absolute Gasteiger partial charge is 0.128 e.